The van der Waals surface area contributed by atoms with Crippen molar-refractivity contribution in [2.75, 3.05) is 20.3 Å². The Morgan fingerprint density at radius 3 is 2.33 bits per heavy atom. The Balaban J connectivity index is 3.58. The molecular formula is C14H30N2O2. The first kappa shape index (κ1) is 17.4. The highest BCUT2D eigenvalue weighted by Crippen LogP contribution is 2.07. The monoisotopic (exact) mass is 258 g/mol. The summed E-state index contributed by atoms with van der Waals surface area (Å²) in [5, 5.41) is 6.13. The van der Waals surface area contributed by atoms with E-state index in [1.807, 2.05) is 6.92 Å². The summed E-state index contributed by atoms with van der Waals surface area (Å²) in [6.45, 7) is 9.48. The number of carbonyl (C=O) groups is 1. The molecule has 0 aliphatic heterocycles. The molecule has 2 N–H and O–H groups in total. The topological polar surface area (TPSA) is 50.4 Å². The van der Waals surface area contributed by atoms with Gasteiger partial charge in [-0.05, 0) is 26.2 Å². The molecule has 0 aromatic rings. The lowest BCUT2D eigenvalue weighted by molar-refractivity contribution is -0.121. The Labute approximate surface area is 112 Å². The van der Waals surface area contributed by atoms with Crippen LogP contribution >= 0.6 is 0 Å². The zero-order chi connectivity index (χ0) is 14.0. The smallest absolute Gasteiger partial charge is 0.234 e. The van der Waals surface area contributed by atoms with Crippen molar-refractivity contribution in [3.63, 3.8) is 0 Å². The van der Waals surface area contributed by atoms with Gasteiger partial charge in [0.15, 0.2) is 0 Å². The molecule has 0 rings (SSSR count). The predicted octanol–water partition coefficient (Wildman–Crippen LogP) is 1.94. The summed E-state index contributed by atoms with van der Waals surface area (Å²) in [5.41, 5.74) is 0. The van der Waals surface area contributed by atoms with Crippen molar-refractivity contribution in [2.45, 2.75) is 59.0 Å². The van der Waals surface area contributed by atoms with Crippen LogP contribution in [0.25, 0.3) is 0 Å². The van der Waals surface area contributed by atoms with Gasteiger partial charge < -0.3 is 15.4 Å². The number of rotatable bonds is 10. The lowest BCUT2D eigenvalue weighted by Gasteiger charge is -2.16. The number of hydrogen-bond acceptors (Lipinski definition) is 3. The third kappa shape index (κ3) is 10.5. The summed E-state index contributed by atoms with van der Waals surface area (Å²) in [5.74, 6) is 0.797. The zero-order valence-corrected chi connectivity index (χ0v) is 12.6. The standard InChI is InChI=1S/C14H30N2O2/c1-11(2)7-6-8-12(3)15-9-14(17)16-13(4)10-18-5/h11-13,15H,6-10H2,1-5H3,(H,16,17). The van der Waals surface area contributed by atoms with Crippen LogP contribution in [-0.4, -0.2) is 38.3 Å². The summed E-state index contributed by atoms with van der Waals surface area (Å²) in [6, 6.07) is 0.466. The van der Waals surface area contributed by atoms with Gasteiger partial charge in [-0.25, -0.2) is 0 Å². The maximum atomic E-state index is 11.6. The third-order valence-corrected chi connectivity index (χ3v) is 2.85. The molecule has 0 radical (unpaired) electrons. The van der Waals surface area contributed by atoms with Gasteiger partial charge in [-0.2, -0.15) is 0 Å². The van der Waals surface area contributed by atoms with Gasteiger partial charge >= 0.3 is 0 Å². The van der Waals surface area contributed by atoms with Crippen molar-refractivity contribution in [2.24, 2.45) is 5.92 Å². The maximum Gasteiger partial charge on any atom is 0.234 e. The number of hydrogen-bond donors (Lipinski definition) is 2. The molecule has 4 heteroatoms. The molecule has 0 saturated carbocycles. The minimum absolute atomic E-state index is 0.0373. The zero-order valence-electron chi connectivity index (χ0n) is 12.6. The van der Waals surface area contributed by atoms with Crippen molar-refractivity contribution in [1.29, 1.82) is 0 Å². The van der Waals surface area contributed by atoms with Crippen LogP contribution < -0.4 is 10.6 Å². The van der Waals surface area contributed by atoms with Crippen molar-refractivity contribution < 1.29 is 9.53 Å². The molecule has 0 heterocycles. The normalized spacial score (nSPS) is 14.6. The van der Waals surface area contributed by atoms with Crippen LogP contribution in [0.1, 0.15) is 47.0 Å². The summed E-state index contributed by atoms with van der Waals surface area (Å²) in [7, 11) is 1.64. The number of methoxy groups -OCH3 is 1. The van der Waals surface area contributed by atoms with Gasteiger partial charge in [0.05, 0.1) is 13.2 Å². The van der Waals surface area contributed by atoms with Crippen molar-refractivity contribution in [3.8, 4) is 0 Å². The minimum Gasteiger partial charge on any atom is -0.383 e. The molecule has 2 atom stereocenters. The molecule has 0 aromatic heterocycles. The number of carbonyl (C=O) groups excluding carboxylic acids is 1. The van der Waals surface area contributed by atoms with Crippen LogP contribution in [0.5, 0.6) is 0 Å². The van der Waals surface area contributed by atoms with Crippen LogP contribution in [-0.2, 0) is 9.53 Å². The predicted molar refractivity (Wildman–Crippen MR) is 75.6 cm³/mol. The average Bonchev–Trinajstić information content (AvgIpc) is 2.26. The SMILES string of the molecule is COCC(C)NC(=O)CNC(C)CCCC(C)C. The van der Waals surface area contributed by atoms with E-state index in [0.29, 0.717) is 19.2 Å². The summed E-state index contributed by atoms with van der Waals surface area (Å²) < 4.78 is 4.97. The van der Waals surface area contributed by atoms with Gasteiger partial charge in [-0.15, -0.1) is 0 Å². The molecule has 0 bridgehead atoms. The van der Waals surface area contributed by atoms with Gasteiger partial charge in [0.1, 0.15) is 0 Å². The number of nitrogens with one attached hydrogen (secondary N) is 2. The van der Waals surface area contributed by atoms with E-state index in [-0.39, 0.29) is 11.9 Å². The Bertz CT molecular complexity index is 220. The molecule has 0 saturated heterocycles. The van der Waals surface area contributed by atoms with Crippen LogP contribution in [0, 0.1) is 5.92 Å². The van der Waals surface area contributed by atoms with E-state index < -0.39 is 0 Å². The fourth-order valence-electron chi connectivity index (χ4n) is 1.82. The Morgan fingerprint density at radius 1 is 1.11 bits per heavy atom. The molecule has 0 aliphatic rings. The minimum atomic E-state index is 0.0373. The van der Waals surface area contributed by atoms with Crippen LogP contribution in [0.4, 0.5) is 0 Å². The molecule has 0 aromatic carbocycles. The molecular weight excluding hydrogens is 228 g/mol. The van der Waals surface area contributed by atoms with E-state index in [0.717, 1.165) is 12.3 Å². The summed E-state index contributed by atoms with van der Waals surface area (Å²) in [4.78, 5) is 11.6. The van der Waals surface area contributed by atoms with E-state index in [1.54, 1.807) is 7.11 Å². The first-order valence-corrected chi connectivity index (χ1v) is 6.97. The highest BCUT2D eigenvalue weighted by Gasteiger charge is 2.08. The lowest BCUT2D eigenvalue weighted by Crippen LogP contribution is -2.43. The van der Waals surface area contributed by atoms with Crippen LogP contribution in [0.2, 0.25) is 0 Å². The molecule has 18 heavy (non-hydrogen) atoms. The van der Waals surface area contributed by atoms with Gasteiger partial charge in [0.2, 0.25) is 5.91 Å². The molecule has 108 valence electrons. The van der Waals surface area contributed by atoms with E-state index in [2.05, 4.69) is 31.4 Å². The second-order valence-corrected chi connectivity index (χ2v) is 5.53. The molecule has 1 amide bonds. The fraction of sp³-hybridized carbons (Fsp3) is 0.929. The number of amides is 1. The van der Waals surface area contributed by atoms with Crippen molar-refractivity contribution in [3.05, 3.63) is 0 Å². The lowest BCUT2D eigenvalue weighted by atomic mass is 10.0. The first-order chi connectivity index (χ1) is 8.45. The Hall–Kier alpha value is -0.610. The first-order valence-electron chi connectivity index (χ1n) is 6.97. The van der Waals surface area contributed by atoms with Crippen LogP contribution in [0.3, 0.4) is 0 Å². The van der Waals surface area contributed by atoms with Crippen LogP contribution in [0.15, 0.2) is 0 Å². The van der Waals surface area contributed by atoms with Gasteiger partial charge in [0, 0.05) is 19.2 Å². The van der Waals surface area contributed by atoms with Gasteiger partial charge in [0.25, 0.3) is 0 Å². The van der Waals surface area contributed by atoms with E-state index in [4.69, 9.17) is 4.74 Å². The molecule has 2 unspecified atom stereocenters. The van der Waals surface area contributed by atoms with Gasteiger partial charge in [-0.3, -0.25) is 4.79 Å². The summed E-state index contributed by atoms with van der Waals surface area (Å²) >= 11 is 0. The highest BCUT2D eigenvalue weighted by atomic mass is 16.5. The molecule has 4 nitrogen and oxygen atoms in total. The molecule has 0 aliphatic carbocycles. The van der Waals surface area contributed by atoms with Crippen molar-refractivity contribution >= 4 is 5.91 Å². The maximum absolute atomic E-state index is 11.6. The second kappa shape index (κ2) is 10.3. The molecule has 0 fully saturated rings. The highest BCUT2D eigenvalue weighted by molar-refractivity contribution is 5.78. The van der Waals surface area contributed by atoms with Crippen molar-refractivity contribution in [1.82, 2.24) is 10.6 Å². The van der Waals surface area contributed by atoms with E-state index in [9.17, 15) is 4.79 Å². The second-order valence-electron chi connectivity index (χ2n) is 5.53. The van der Waals surface area contributed by atoms with Gasteiger partial charge in [-0.1, -0.05) is 26.7 Å². The largest absolute Gasteiger partial charge is 0.383 e. The fourth-order valence-corrected chi connectivity index (χ4v) is 1.82. The number of ether oxygens (including phenoxy) is 1. The Morgan fingerprint density at radius 2 is 1.78 bits per heavy atom. The Kier molecular flexibility index (Phi) is 9.98. The van der Waals surface area contributed by atoms with E-state index >= 15 is 0 Å². The molecule has 0 spiro atoms. The quantitative estimate of drug-likeness (QED) is 0.629. The third-order valence-electron chi connectivity index (χ3n) is 2.85. The summed E-state index contributed by atoms with van der Waals surface area (Å²) in [6.07, 6.45) is 3.59. The average molecular weight is 258 g/mol. The van der Waals surface area contributed by atoms with E-state index in [1.165, 1.54) is 12.8 Å².